The van der Waals surface area contributed by atoms with Gasteiger partial charge in [0.25, 0.3) is 0 Å². The van der Waals surface area contributed by atoms with Gasteiger partial charge in [0.15, 0.2) is 0 Å². The zero-order valence-electron chi connectivity index (χ0n) is 9.74. The lowest BCUT2D eigenvalue weighted by Crippen LogP contribution is -1.91. The normalized spacial score (nSPS) is 12.8. The van der Waals surface area contributed by atoms with Gasteiger partial charge in [-0.25, -0.2) is 0 Å². The summed E-state index contributed by atoms with van der Waals surface area (Å²) in [6.45, 7) is 0. The van der Waals surface area contributed by atoms with Gasteiger partial charge >= 0.3 is 0 Å². The molecule has 0 saturated carbocycles. The van der Waals surface area contributed by atoms with Crippen molar-refractivity contribution >= 4 is 75.9 Å². The minimum atomic E-state index is 0.243. The third-order valence-corrected chi connectivity index (χ3v) is 6.73. The molecule has 3 aromatic rings. The molecule has 0 N–H and O–H groups in total. The van der Waals surface area contributed by atoms with E-state index in [0.717, 1.165) is 0 Å². The quantitative estimate of drug-likeness (QED) is 0.266. The van der Waals surface area contributed by atoms with Crippen LogP contribution in [0.25, 0.3) is 10.1 Å². The van der Waals surface area contributed by atoms with Crippen LogP contribution in [0.4, 0.5) is 0 Å². The number of fused-ring (bicyclic) bond motifs is 1. The van der Waals surface area contributed by atoms with Crippen molar-refractivity contribution in [3.8, 4) is 0 Å². The number of rotatable bonds is 2. The van der Waals surface area contributed by atoms with E-state index >= 15 is 0 Å². The molecule has 1 unspecified atom stereocenters. The zero-order chi connectivity index (χ0) is 13.4. The van der Waals surface area contributed by atoms with Crippen molar-refractivity contribution in [2.24, 2.45) is 0 Å². The van der Waals surface area contributed by atoms with Gasteiger partial charge in [0, 0.05) is 12.7 Å². The van der Waals surface area contributed by atoms with Crippen LogP contribution < -0.4 is 0 Å². The van der Waals surface area contributed by atoms with Gasteiger partial charge in [-0.3, -0.25) is 0 Å². The van der Waals surface area contributed by atoms with E-state index in [9.17, 15) is 0 Å². The summed E-state index contributed by atoms with van der Waals surface area (Å²) in [4.78, 5) is 0.243. The van der Waals surface area contributed by atoms with E-state index in [2.05, 4.69) is 102 Å². The Morgan fingerprint density at radius 3 is 2.53 bits per heavy atom. The second-order valence-corrected chi connectivity index (χ2v) is 8.12. The van der Waals surface area contributed by atoms with Crippen molar-refractivity contribution in [2.45, 2.75) is 4.83 Å². The van der Waals surface area contributed by atoms with Crippen LogP contribution in [0.3, 0.4) is 0 Å². The molecule has 1 heterocycles. The molecule has 1 aromatic heterocycles. The van der Waals surface area contributed by atoms with Crippen LogP contribution in [-0.4, -0.2) is 0 Å². The first-order valence-corrected chi connectivity index (χ1v) is 9.38. The second-order valence-electron chi connectivity index (χ2n) is 4.22. The number of hydrogen-bond acceptors (Lipinski definition) is 1. The van der Waals surface area contributed by atoms with Gasteiger partial charge < -0.3 is 0 Å². The van der Waals surface area contributed by atoms with Crippen LogP contribution >= 0.6 is 65.8 Å². The number of benzene rings is 2. The number of alkyl halides is 1. The topological polar surface area (TPSA) is 0 Å². The Morgan fingerprint density at radius 1 is 1.05 bits per heavy atom. The summed E-state index contributed by atoms with van der Waals surface area (Å²) in [7, 11) is 0. The average molecular weight is 508 g/mol. The van der Waals surface area contributed by atoms with Crippen molar-refractivity contribution in [1.82, 2.24) is 0 Å². The molecule has 0 bridgehead atoms. The minimum Gasteiger partial charge on any atom is -0.142 e. The highest BCUT2D eigenvalue weighted by Crippen LogP contribution is 2.40. The first-order chi connectivity index (χ1) is 9.16. The monoisotopic (exact) mass is 506 g/mol. The van der Waals surface area contributed by atoms with Crippen molar-refractivity contribution < 1.29 is 0 Å². The molecule has 19 heavy (non-hydrogen) atoms. The van der Waals surface area contributed by atoms with E-state index in [-0.39, 0.29) is 4.83 Å². The van der Waals surface area contributed by atoms with Crippen LogP contribution in [-0.2, 0) is 0 Å². The number of halogens is 3. The summed E-state index contributed by atoms with van der Waals surface area (Å²) >= 11 is 11.6. The molecule has 0 aliphatic rings. The summed E-state index contributed by atoms with van der Waals surface area (Å²) in [5, 5.41) is 3.56. The highest BCUT2D eigenvalue weighted by Gasteiger charge is 2.15. The van der Waals surface area contributed by atoms with Crippen molar-refractivity contribution in [3.05, 3.63) is 67.0 Å². The lowest BCUT2D eigenvalue weighted by molar-refractivity contribution is 1.21. The summed E-state index contributed by atoms with van der Waals surface area (Å²) < 4.78 is 3.75. The maximum Gasteiger partial charge on any atom is 0.0658 e. The lowest BCUT2D eigenvalue weighted by atomic mass is 10.0. The van der Waals surface area contributed by atoms with Gasteiger partial charge in [-0.2, -0.15) is 0 Å². The van der Waals surface area contributed by atoms with E-state index in [4.69, 9.17) is 0 Å². The molecule has 3 rings (SSSR count). The summed E-state index contributed by atoms with van der Waals surface area (Å²) in [6, 6.07) is 15.0. The summed E-state index contributed by atoms with van der Waals surface area (Å²) in [5.74, 6) is 0. The highest BCUT2D eigenvalue weighted by molar-refractivity contribution is 14.1. The molecule has 0 fully saturated rings. The lowest BCUT2D eigenvalue weighted by Gasteiger charge is -2.10. The largest absolute Gasteiger partial charge is 0.142 e. The Balaban J connectivity index is 2.09. The molecule has 0 spiro atoms. The van der Waals surface area contributed by atoms with E-state index in [1.165, 1.54) is 29.3 Å². The smallest absolute Gasteiger partial charge is 0.0658 e. The van der Waals surface area contributed by atoms with E-state index in [1.54, 1.807) is 11.3 Å². The first-order valence-electron chi connectivity index (χ1n) is 5.72. The Hall–Kier alpha value is 0.0900. The highest BCUT2D eigenvalue weighted by atomic mass is 127. The van der Waals surface area contributed by atoms with Crippen LogP contribution in [0.5, 0.6) is 0 Å². The van der Waals surface area contributed by atoms with Gasteiger partial charge in [-0.15, -0.1) is 11.3 Å². The molecule has 4 heteroatoms. The van der Waals surface area contributed by atoms with Crippen LogP contribution in [0.15, 0.2) is 52.3 Å². The third-order valence-electron chi connectivity index (χ3n) is 3.02. The molecule has 0 saturated heterocycles. The molecule has 0 aliphatic carbocycles. The van der Waals surface area contributed by atoms with E-state index < -0.39 is 0 Å². The number of hydrogen-bond donors (Lipinski definition) is 0. The average Bonchev–Trinajstić information content (AvgIpc) is 2.84. The minimum absolute atomic E-state index is 0.243. The SMILES string of the molecule is Brc1cccc2c(C(Br)c3ccc(I)cc3)csc12. The van der Waals surface area contributed by atoms with Crippen LogP contribution in [0, 0.1) is 3.57 Å². The molecule has 96 valence electrons. The predicted molar refractivity (Wildman–Crippen MR) is 99.5 cm³/mol. The van der Waals surface area contributed by atoms with Gasteiger partial charge in [0.2, 0.25) is 0 Å². The van der Waals surface area contributed by atoms with Crippen LogP contribution in [0.2, 0.25) is 0 Å². The fraction of sp³-hybridized carbons (Fsp3) is 0.0667. The first kappa shape index (κ1) is 14.0. The third kappa shape index (κ3) is 2.77. The summed E-state index contributed by atoms with van der Waals surface area (Å²) in [6.07, 6.45) is 0. The van der Waals surface area contributed by atoms with Crippen molar-refractivity contribution in [2.75, 3.05) is 0 Å². The Bertz CT molecular complexity index is 719. The predicted octanol–water partition coefficient (Wildman–Crippen LogP) is 6.75. The standard InChI is InChI=1S/C15H9Br2IS/c16-13-3-1-2-11-12(8-19-15(11)13)14(17)9-4-6-10(18)7-5-9/h1-8,14H. The molecule has 0 amide bonds. The van der Waals surface area contributed by atoms with Gasteiger partial charge in [0.1, 0.15) is 0 Å². The second kappa shape index (κ2) is 5.84. The molecule has 1 atom stereocenters. The molecule has 0 nitrogen and oxygen atoms in total. The summed E-state index contributed by atoms with van der Waals surface area (Å²) in [5.41, 5.74) is 2.63. The van der Waals surface area contributed by atoms with Gasteiger partial charge in [-0.1, -0.05) is 40.2 Å². The molecular weight excluding hydrogens is 499 g/mol. The molecule has 2 aromatic carbocycles. The van der Waals surface area contributed by atoms with Crippen LogP contribution in [0.1, 0.15) is 16.0 Å². The molecule has 0 aliphatic heterocycles. The Kier molecular flexibility index (Phi) is 4.31. The Labute approximate surface area is 146 Å². The fourth-order valence-electron chi connectivity index (χ4n) is 2.05. The zero-order valence-corrected chi connectivity index (χ0v) is 15.9. The fourth-order valence-corrected chi connectivity index (χ4v) is 4.92. The van der Waals surface area contributed by atoms with Gasteiger partial charge in [-0.05, 0) is 78.6 Å². The molecular formula is C15H9Br2IS. The molecule has 0 radical (unpaired) electrons. The van der Waals surface area contributed by atoms with Crippen molar-refractivity contribution in [3.63, 3.8) is 0 Å². The maximum absolute atomic E-state index is 3.83. The van der Waals surface area contributed by atoms with E-state index in [1.807, 2.05) is 0 Å². The van der Waals surface area contributed by atoms with E-state index in [0.29, 0.717) is 0 Å². The van der Waals surface area contributed by atoms with Gasteiger partial charge in [0.05, 0.1) is 4.83 Å². The Morgan fingerprint density at radius 2 is 1.79 bits per heavy atom. The van der Waals surface area contributed by atoms with Crippen molar-refractivity contribution in [1.29, 1.82) is 0 Å². The maximum atomic E-state index is 3.83. The number of thiophene rings is 1.